The summed E-state index contributed by atoms with van der Waals surface area (Å²) in [5, 5.41) is 11.0. The van der Waals surface area contributed by atoms with E-state index in [2.05, 4.69) is 62.3 Å². The molecule has 0 amide bonds. The molecule has 1 aromatic carbocycles. The molecule has 1 unspecified atom stereocenters. The maximum absolute atomic E-state index is 12.8. The largest absolute Gasteiger partial charge is 0.502 e. The Morgan fingerprint density at radius 1 is 0.906 bits per heavy atom. The lowest BCUT2D eigenvalue weighted by Gasteiger charge is -2.49. The zero-order valence-electron chi connectivity index (χ0n) is 22.0. The fourth-order valence-corrected chi connectivity index (χ4v) is 7.31. The van der Waals surface area contributed by atoms with Crippen molar-refractivity contribution in [3.05, 3.63) is 11.1 Å². The van der Waals surface area contributed by atoms with Gasteiger partial charge in [0.2, 0.25) is 5.75 Å². The first-order chi connectivity index (χ1) is 14.2. The summed E-state index contributed by atoms with van der Waals surface area (Å²) in [6.07, 6.45) is 1.59. The van der Waals surface area contributed by atoms with Crippen LogP contribution in [0.5, 0.6) is 17.2 Å². The van der Waals surface area contributed by atoms with Crippen LogP contribution in [0, 0.1) is 29.1 Å². The molecule has 0 aliphatic carbocycles. The number of aromatic hydroxyl groups is 1. The van der Waals surface area contributed by atoms with Crippen molar-refractivity contribution in [2.24, 2.45) is 22.2 Å². The lowest BCUT2D eigenvalue weighted by molar-refractivity contribution is 0.0750. The van der Waals surface area contributed by atoms with Crippen molar-refractivity contribution in [1.82, 2.24) is 0 Å². The van der Waals surface area contributed by atoms with Crippen LogP contribution in [0.15, 0.2) is 4.90 Å². The summed E-state index contributed by atoms with van der Waals surface area (Å²) in [6.45, 7) is 20.7. The average Bonchev–Trinajstić information content (AvgIpc) is 2.49. The van der Waals surface area contributed by atoms with E-state index < -0.39 is 15.5 Å². The van der Waals surface area contributed by atoms with E-state index in [9.17, 15) is 18.1 Å². The summed E-state index contributed by atoms with van der Waals surface area (Å²) < 4.78 is 46.8. The third-order valence-corrected chi connectivity index (χ3v) is 7.08. The van der Waals surface area contributed by atoms with Crippen molar-refractivity contribution in [1.29, 1.82) is 0 Å². The van der Waals surface area contributed by atoms with Gasteiger partial charge in [-0.25, -0.2) is 0 Å². The summed E-state index contributed by atoms with van der Waals surface area (Å²) in [5.41, 5.74) is -0.351. The monoisotopic (exact) mass is 472 g/mol. The van der Waals surface area contributed by atoms with Gasteiger partial charge < -0.3 is 14.6 Å². The number of hydrogen-bond acceptors (Lipinski definition) is 5. The molecule has 0 saturated heterocycles. The van der Waals surface area contributed by atoms with Crippen LogP contribution in [0.1, 0.15) is 92.2 Å². The fraction of sp³-hybridized carbons (Fsp3) is 0.760. The molecule has 186 valence electrons. The Hall–Kier alpha value is -1.47. The Labute approximate surface area is 195 Å². The van der Waals surface area contributed by atoms with Gasteiger partial charge in [0.25, 0.3) is 10.1 Å². The third-order valence-electron chi connectivity index (χ3n) is 6.04. The minimum absolute atomic E-state index is 0.0210. The highest BCUT2D eigenvalue weighted by atomic mass is 32.2. The molecule has 0 radical (unpaired) electrons. The molecule has 2 N–H and O–H groups in total. The molecule has 0 aliphatic heterocycles. The Kier molecular flexibility index (Phi) is 8.40. The Morgan fingerprint density at radius 3 is 1.72 bits per heavy atom. The van der Waals surface area contributed by atoms with E-state index in [1.165, 1.54) is 21.1 Å². The van der Waals surface area contributed by atoms with E-state index >= 15 is 0 Å². The van der Waals surface area contributed by atoms with Crippen LogP contribution < -0.4 is 9.47 Å². The van der Waals surface area contributed by atoms with Gasteiger partial charge in [0.1, 0.15) is 4.90 Å². The van der Waals surface area contributed by atoms with Crippen molar-refractivity contribution >= 4 is 10.1 Å². The van der Waals surface area contributed by atoms with E-state index in [4.69, 9.17) is 9.47 Å². The normalized spacial score (nSPS) is 14.6. The van der Waals surface area contributed by atoms with E-state index in [1.54, 1.807) is 0 Å². The quantitative estimate of drug-likeness (QED) is 0.394. The number of benzene rings is 1. The fourth-order valence-electron chi connectivity index (χ4n) is 6.35. The predicted molar refractivity (Wildman–Crippen MR) is 130 cm³/mol. The number of rotatable bonds is 9. The zero-order valence-corrected chi connectivity index (χ0v) is 22.8. The van der Waals surface area contributed by atoms with Crippen molar-refractivity contribution in [3.8, 4) is 17.2 Å². The van der Waals surface area contributed by atoms with Gasteiger partial charge in [0.15, 0.2) is 11.5 Å². The summed E-state index contributed by atoms with van der Waals surface area (Å²) in [4.78, 5) is -0.243. The molecular weight excluding hydrogens is 428 g/mol. The molecule has 0 aromatic heterocycles. The van der Waals surface area contributed by atoms with Crippen LogP contribution in [0.3, 0.4) is 0 Å². The molecule has 6 nitrogen and oxygen atoms in total. The number of hydrogen-bond donors (Lipinski definition) is 2. The lowest BCUT2D eigenvalue weighted by atomic mass is 9.56. The van der Waals surface area contributed by atoms with E-state index in [1.807, 2.05) is 0 Å². The first-order valence-electron chi connectivity index (χ1n) is 11.2. The number of ether oxygens (including phenoxy) is 2. The van der Waals surface area contributed by atoms with Crippen LogP contribution in [-0.4, -0.2) is 32.3 Å². The van der Waals surface area contributed by atoms with Crippen LogP contribution in [-0.2, 0) is 10.1 Å². The van der Waals surface area contributed by atoms with Crippen molar-refractivity contribution in [2.45, 2.75) is 92.9 Å². The number of methoxy groups -OCH3 is 2. The second-order valence-electron chi connectivity index (χ2n) is 12.0. The summed E-state index contributed by atoms with van der Waals surface area (Å²) in [5.74, 6) is -0.256. The molecule has 32 heavy (non-hydrogen) atoms. The molecular formula is C25H44O6S. The SMILES string of the molecule is COc1c(C)c(S(=O)(=O)O)c(C(C(C)(C)CC(C)C)C(C)(C)CC(C)(C)C)c(OC)c1O. The third kappa shape index (κ3) is 6.10. The second-order valence-corrected chi connectivity index (χ2v) is 13.4. The van der Waals surface area contributed by atoms with Crippen LogP contribution in [0.25, 0.3) is 0 Å². The van der Waals surface area contributed by atoms with E-state index in [-0.39, 0.29) is 44.5 Å². The van der Waals surface area contributed by atoms with Crippen molar-refractivity contribution in [2.75, 3.05) is 14.2 Å². The van der Waals surface area contributed by atoms with Gasteiger partial charge in [-0.15, -0.1) is 0 Å². The zero-order chi connectivity index (χ0) is 25.4. The van der Waals surface area contributed by atoms with E-state index in [0.717, 1.165) is 12.8 Å². The van der Waals surface area contributed by atoms with E-state index in [0.29, 0.717) is 11.5 Å². The smallest absolute Gasteiger partial charge is 0.295 e. The van der Waals surface area contributed by atoms with Crippen LogP contribution in [0.4, 0.5) is 0 Å². The van der Waals surface area contributed by atoms with Gasteiger partial charge in [-0.05, 0) is 47.8 Å². The molecule has 1 rings (SSSR count). The first kappa shape index (κ1) is 28.6. The van der Waals surface area contributed by atoms with Gasteiger partial charge in [0, 0.05) is 11.1 Å². The number of phenols is 1. The maximum atomic E-state index is 12.8. The van der Waals surface area contributed by atoms with Crippen LogP contribution >= 0.6 is 0 Å². The van der Waals surface area contributed by atoms with Gasteiger partial charge in [-0.1, -0.05) is 62.3 Å². The molecule has 0 fully saturated rings. The summed E-state index contributed by atoms with van der Waals surface area (Å²) in [7, 11) is -1.92. The second kappa shape index (κ2) is 9.41. The van der Waals surface area contributed by atoms with Crippen molar-refractivity contribution in [3.63, 3.8) is 0 Å². The molecule has 0 aliphatic rings. The highest BCUT2D eigenvalue weighted by Gasteiger charge is 2.48. The molecule has 0 bridgehead atoms. The molecule has 1 atom stereocenters. The minimum Gasteiger partial charge on any atom is -0.502 e. The van der Waals surface area contributed by atoms with Gasteiger partial charge in [-0.3, -0.25) is 4.55 Å². The average molecular weight is 473 g/mol. The molecule has 1 aromatic rings. The Bertz CT molecular complexity index is 921. The highest BCUT2D eigenvalue weighted by Crippen LogP contribution is 2.60. The van der Waals surface area contributed by atoms with Gasteiger partial charge in [0.05, 0.1) is 14.2 Å². The van der Waals surface area contributed by atoms with Gasteiger partial charge >= 0.3 is 0 Å². The minimum atomic E-state index is -4.65. The molecule has 0 heterocycles. The lowest BCUT2D eigenvalue weighted by Crippen LogP contribution is -2.39. The van der Waals surface area contributed by atoms with Gasteiger partial charge in [-0.2, -0.15) is 8.42 Å². The van der Waals surface area contributed by atoms with Crippen LogP contribution in [0.2, 0.25) is 0 Å². The maximum Gasteiger partial charge on any atom is 0.295 e. The molecule has 0 saturated carbocycles. The first-order valence-corrected chi connectivity index (χ1v) is 12.6. The Morgan fingerprint density at radius 2 is 1.38 bits per heavy atom. The highest BCUT2D eigenvalue weighted by molar-refractivity contribution is 7.86. The van der Waals surface area contributed by atoms with Crippen molar-refractivity contribution < 1.29 is 27.6 Å². The Balaban J connectivity index is 4.28. The predicted octanol–water partition coefficient (Wildman–Crippen LogP) is 6.58. The summed E-state index contributed by atoms with van der Waals surface area (Å²) >= 11 is 0. The topological polar surface area (TPSA) is 93.1 Å². The molecule has 0 spiro atoms. The number of phenolic OH excluding ortho intramolecular Hbond substituents is 1. The summed E-state index contributed by atoms with van der Waals surface area (Å²) in [6, 6.07) is 0. The molecule has 7 heteroatoms. The standard InChI is InChI=1S/C25H44O6S/c1-15(2)13-24(7,8)22(25(9,10)14-23(4,5)6)17-20(31-12)18(26)19(30-11)16(3)21(17)32(27,28)29/h15,22,26H,13-14H2,1-12H3,(H,27,28,29).